The number of rotatable bonds is 5. The van der Waals surface area contributed by atoms with Crippen LogP contribution in [-0.4, -0.2) is 66.4 Å². The highest BCUT2D eigenvalue weighted by Crippen LogP contribution is 2.39. The smallest absolute Gasteiger partial charge is 0.407 e. The second-order valence-corrected chi connectivity index (χ2v) is 9.89. The molecule has 0 aliphatic carbocycles. The molecule has 0 spiro atoms. The Morgan fingerprint density at radius 3 is 2.68 bits per heavy atom. The molecular weight excluding hydrogens is 436 g/mol. The molecule has 12 heteroatoms. The summed E-state index contributed by atoms with van der Waals surface area (Å²) >= 11 is 0. The van der Waals surface area contributed by atoms with Gasteiger partial charge in [0.2, 0.25) is 0 Å². The fraction of sp³-hybridized carbons (Fsp3) is 0.409. The summed E-state index contributed by atoms with van der Waals surface area (Å²) in [6.45, 7) is 5.51. The second kappa shape index (κ2) is 9.35. The van der Waals surface area contributed by atoms with Crippen LogP contribution in [0.2, 0.25) is 0 Å². The van der Waals surface area contributed by atoms with E-state index < -0.39 is 34.1 Å². The molecule has 0 bridgehead atoms. The third-order valence-electron chi connectivity index (χ3n) is 5.57. The number of anilines is 1. The zero-order chi connectivity index (χ0) is 25.3. The molecule has 0 saturated carbocycles. The molecule has 1 fully saturated rings. The van der Waals surface area contributed by atoms with Gasteiger partial charge in [0, 0.05) is 42.0 Å². The summed E-state index contributed by atoms with van der Waals surface area (Å²) in [6, 6.07) is 7.35. The minimum absolute atomic E-state index is 0.140. The lowest BCUT2D eigenvalue weighted by Crippen LogP contribution is -2.51. The molecule has 2 unspecified atom stereocenters. The van der Waals surface area contributed by atoms with Crippen LogP contribution in [0.4, 0.5) is 16.2 Å². The number of nitro groups is 1. The van der Waals surface area contributed by atoms with E-state index in [0.717, 1.165) is 0 Å². The number of ether oxygens (including phenoxy) is 1. The van der Waals surface area contributed by atoms with Crippen LogP contribution in [0.1, 0.15) is 32.8 Å². The van der Waals surface area contributed by atoms with Crippen molar-refractivity contribution in [2.75, 3.05) is 11.4 Å². The van der Waals surface area contributed by atoms with Crippen LogP contribution in [0.15, 0.2) is 36.7 Å². The van der Waals surface area contributed by atoms with Crippen molar-refractivity contribution < 1.29 is 19.6 Å². The first kappa shape index (κ1) is 25.1. The van der Waals surface area contributed by atoms with E-state index >= 15 is 0 Å². The van der Waals surface area contributed by atoms with Gasteiger partial charge in [0.25, 0.3) is 5.69 Å². The number of carbonyl (C=O) groups is 1. The number of nitrogens with zero attached hydrogens (tertiary/aromatic N) is 4. The Morgan fingerprint density at radius 1 is 1.38 bits per heavy atom. The molecule has 1 aromatic heterocycles. The van der Waals surface area contributed by atoms with Crippen molar-refractivity contribution in [1.82, 2.24) is 10.3 Å². The van der Waals surface area contributed by atoms with Crippen molar-refractivity contribution in [2.45, 2.75) is 50.3 Å². The van der Waals surface area contributed by atoms with E-state index in [4.69, 9.17) is 4.74 Å². The molecule has 1 aromatic carbocycles. The number of nitro benzene ring substituents is 1. The van der Waals surface area contributed by atoms with Gasteiger partial charge in [-0.1, -0.05) is 0 Å². The number of hydrogen-bond acceptors (Lipinski definition) is 8. The largest absolute Gasteiger partial charge is 0.444 e. The minimum Gasteiger partial charge on any atom is -0.444 e. The molecule has 2 atom stereocenters. The van der Waals surface area contributed by atoms with Crippen LogP contribution in [0.25, 0.3) is 11.1 Å². The quantitative estimate of drug-likeness (QED) is 0.379. The standard InChI is InChI=1S/C22H27B2N5O5/c1-21(2,3)34-20(30)27-15-9-19(22(23,24)31)28(12-15)18-8-13(4-5-17(18)29(32)33)16-11-26-7-6-14(16)10-25/h4-8,11,15,19,31H,9,12,23-24H2,1-3H3,(H,27,30). The van der Waals surface area contributed by atoms with Gasteiger partial charge in [0.15, 0.2) is 0 Å². The third-order valence-corrected chi connectivity index (χ3v) is 5.57. The molecule has 34 heavy (non-hydrogen) atoms. The number of aromatic nitrogens is 1. The SMILES string of the molecule is BC(B)(O)C1CC(NC(=O)OC(C)(C)C)CN1c1cc(-c2cnccc2C#N)ccc1[N+](=O)[O-]. The number of nitrogens with one attached hydrogen (secondary N) is 1. The first-order chi connectivity index (χ1) is 15.8. The molecule has 2 N–H and O–H groups in total. The average Bonchev–Trinajstić information content (AvgIpc) is 3.15. The van der Waals surface area contributed by atoms with Crippen molar-refractivity contribution in [2.24, 2.45) is 0 Å². The fourth-order valence-electron chi connectivity index (χ4n) is 4.15. The van der Waals surface area contributed by atoms with Crippen molar-refractivity contribution in [3.05, 3.63) is 52.3 Å². The van der Waals surface area contributed by atoms with E-state index in [2.05, 4.69) is 16.4 Å². The highest BCUT2D eigenvalue weighted by Gasteiger charge is 2.43. The summed E-state index contributed by atoms with van der Waals surface area (Å²) in [5, 5.41) is 33.8. The topological polar surface area (TPSA) is 142 Å². The van der Waals surface area contributed by atoms with E-state index in [1.807, 2.05) is 0 Å². The number of amides is 1. The predicted octanol–water partition coefficient (Wildman–Crippen LogP) is 0.913. The third kappa shape index (κ3) is 5.66. The molecular formula is C22H27B2N5O5. The van der Waals surface area contributed by atoms with Gasteiger partial charge in [-0.2, -0.15) is 5.26 Å². The number of aliphatic hydroxyl groups is 1. The zero-order valence-corrected chi connectivity index (χ0v) is 19.9. The molecule has 3 rings (SSSR count). The van der Waals surface area contributed by atoms with Crippen molar-refractivity contribution in [3.63, 3.8) is 0 Å². The van der Waals surface area contributed by atoms with Gasteiger partial charge in [-0.3, -0.25) is 15.1 Å². The van der Waals surface area contributed by atoms with Crippen molar-refractivity contribution >= 4 is 33.2 Å². The van der Waals surface area contributed by atoms with E-state index in [9.17, 15) is 25.3 Å². The first-order valence-corrected chi connectivity index (χ1v) is 10.9. The Bertz CT molecular complexity index is 1140. The maximum Gasteiger partial charge on any atom is 0.407 e. The Hall–Kier alpha value is -3.58. The Morgan fingerprint density at radius 2 is 2.09 bits per heavy atom. The number of carbonyl (C=O) groups excluding carboxylic acids is 1. The Balaban J connectivity index is 2.03. The predicted molar refractivity (Wildman–Crippen MR) is 132 cm³/mol. The summed E-state index contributed by atoms with van der Waals surface area (Å²) in [4.78, 5) is 29.6. The summed E-state index contributed by atoms with van der Waals surface area (Å²) in [5.74, 6) is 0. The lowest BCUT2D eigenvalue weighted by molar-refractivity contribution is -0.384. The summed E-state index contributed by atoms with van der Waals surface area (Å²) < 4.78 is 5.35. The molecule has 176 valence electrons. The molecule has 2 aromatic rings. The number of hydrogen-bond donors (Lipinski definition) is 2. The summed E-state index contributed by atoms with van der Waals surface area (Å²) in [5.41, 5.74) is 0.994. The van der Waals surface area contributed by atoms with Gasteiger partial charge in [-0.25, -0.2) is 4.79 Å². The maximum absolute atomic E-state index is 12.3. The monoisotopic (exact) mass is 463 g/mol. The molecule has 1 saturated heterocycles. The molecule has 1 aliphatic rings. The van der Waals surface area contributed by atoms with E-state index in [1.165, 1.54) is 18.5 Å². The van der Waals surface area contributed by atoms with Gasteiger partial charge in [-0.05, 0) is 51.0 Å². The lowest BCUT2D eigenvalue weighted by Gasteiger charge is -2.35. The highest BCUT2D eigenvalue weighted by atomic mass is 16.6. The van der Waals surface area contributed by atoms with E-state index in [1.54, 1.807) is 59.6 Å². The van der Waals surface area contributed by atoms with Crippen LogP contribution >= 0.6 is 0 Å². The maximum atomic E-state index is 12.3. The highest BCUT2D eigenvalue weighted by molar-refractivity contribution is 6.39. The van der Waals surface area contributed by atoms with E-state index in [-0.39, 0.29) is 17.9 Å². The summed E-state index contributed by atoms with van der Waals surface area (Å²) in [6.07, 6.45) is 2.81. The van der Waals surface area contributed by atoms with Crippen LogP contribution in [0, 0.1) is 21.4 Å². The van der Waals surface area contributed by atoms with Crippen LogP contribution in [0.3, 0.4) is 0 Å². The molecule has 1 amide bonds. The van der Waals surface area contributed by atoms with Crippen LogP contribution in [-0.2, 0) is 4.74 Å². The molecule has 1 aliphatic heterocycles. The van der Waals surface area contributed by atoms with Gasteiger partial charge < -0.3 is 20.1 Å². The van der Waals surface area contributed by atoms with Crippen LogP contribution < -0.4 is 10.2 Å². The van der Waals surface area contributed by atoms with Gasteiger partial charge >= 0.3 is 6.09 Å². The van der Waals surface area contributed by atoms with Crippen LogP contribution in [0.5, 0.6) is 0 Å². The Labute approximate surface area is 199 Å². The minimum atomic E-state index is -1.22. The van der Waals surface area contributed by atoms with E-state index in [0.29, 0.717) is 23.1 Å². The fourth-order valence-corrected chi connectivity index (χ4v) is 4.15. The number of pyridine rings is 1. The Kier molecular flexibility index (Phi) is 6.89. The average molecular weight is 463 g/mol. The lowest BCUT2D eigenvalue weighted by atomic mass is 9.60. The number of benzene rings is 1. The molecule has 10 nitrogen and oxygen atoms in total. The van der Waals surface area contributed by atoms with Gasteiger partial charge in [0.1, 0.15) is 27.0 Å². The first-order valence-electron chi connectivity index (χ1n) is 10.9. The normalized spacial score (nSPS) is 18.3. The molecule has 2 heterocycles. The zero-order valence-electron chi connectivity index (χ0n) is 19.9. The van der Waals surface area contributed by atoms with Gasteiger partial charge in [0.05, 0.1) is 22.6 Å². The second-order valence-electron chi connectivity index (χ2n) is 9.89. The molecule has 0 radical (unpaired) electrons. The van der Waals surface area contributed by atoms with Crippen molar-refractivity contribution in [3.8, 4) is 17.2 Å². The summed E-state index contributed by atoms with van der Waals surface area (Å²) in [7, 11) is 3.26. The van der Waals surface area contributed by atoms with Crippen molar-refractivity contribution in [1.29, 1.82) is 5.26 Å². The number of nitriles is 1. The number of alkyl carbamates (subject to hydrolysis) is 1. The van der Waals surface area contributed by atoms with Gasteiger partial charge in [-0.15, -0.1) is 0 Å².